The van der Waals surface area contributed by atoms with Crippen LogP contribution in [0.4, 0.5) is 0 Å². The second-order valence-corrected chi connectivity index (χ2v) is 2.76. The molecule has 0 spiro atoms. The highest BCUT2D eigenvalue weighted by Crippen LogP contribution is 2.16. The summed E-state index contributed by atoms with van der Waals surface area (Å²) in [5, 5.41) is 9.69. The summed E-state index contributed by atoms with van der Waals surface area (Å²) < 4.78 is 0. The zero-order valence-corrected chi connectivity index (χ0v) is 8.33. The summed E-state index contributed by atoms with van der Waals surface area (Å²) in [7, 11) is 0. The van der Waals surface area contributed by atoms with Crippen LogP contribution >= 0.6 is 0 Å². The lowest BCUT2D eigenvalue weighted by Gasteiger charge is -2.05. The third kappa shape index (κ3) is 2.39. The van der Waals surface area contributed by atoms with Gasteiger partial charge in [-0.25, -0.2) is 0 Å². The molecule has 1 unspecified atom stereocenters. The van der Waals surface area contributed by atoms with Gasteiger partial charge in [0.05, 0.1) is 0 Å². The smallest absolute Gasteiger partial charge is 0.141 e. The maximum atomic E-state index is 9.69. The van der Waals surface area contributed by atoms with Crippen molar-refractivity contribution in [2.45, 2.75) is 20.0 Å². The van der Waals surface area contributed by atoms with E-state index in [2.05, 4.69) is 23.7 Å². The summed E-state index contributed by atoms with van der Waals surface area (Å²) in [6.45, 7) is 3.48. The van der Waals surface area contributed by atoms with Gasteiger partial charge in [-0.2, -0.15) is 0 Å². The Morgan fingerprint density at radius 2 is 1.86 bits per heavy atom. The van der Waals surface area contributed by atoms with E-state index in [1.807, 2.05) is 24.3 Å². The van der Waals surface area contributed by atoms with Crippen molar-refractivity contribution < 1.29 is 5.11 Å². The lowest BCUT2D eigenvalue weighted by Crippen LogP contribution is -1.96. The van der Waals surface area contributed by atoms with Crippen LogP contribution in [0, 0.1) is 23.7 Å². The minimum atomic E-state index is -0.739. The molecule has 1 nitrogen and oxygen atoms in total. The Morgan fingerprint density at radius 1 is 1.14 bits per heavy atom. The molecule has 0 radical (unpaired) electrons. The van der Waals surface area contributed by atoms with Crippen LogP contribution in [0.5, 0.6) is 0 Å². The van der Waals surface area contributed by atoms with Gasteiger partial charge in [0, 0.05) is 11.1 Å². The van der Waals surface area contributed by atoms with Crippen molar-refractivity contribution in [2.24, 2.45) is 0 Å². The van der Waals surface area contributed by atoms with E-state index in [-0.39, 0.29) is 0 Å². The number of rotatable bonds is 1. The minimum absolute atomic E-state index is 0.739. The third-order valence-electron chi connectivity index (χ3n) is 1.80. The Labute approximate surface area is 84.8 Å². The Morgan fingerprint density at radius 3 is 2.50 bits per heavy atom. The zero-order valence-electron chi connectivity index (χ0n) is 8.33. The largest absolute Gasteiger partial charge is 0.376 e. The molecule has 1 heteroatoms. The van der Waals surface area contributed by atoms with Gasteiger partial charge in [0.2, 0.25) is 0 Å². The van der Waals surface area contributed by atoms with E-state index in [9.17, 15) is 5.11 Å². The van der Waals surface area contributed by atoms with Gasteiger partial charge in [0.25, 0.3) is 0 Å². The van der Waals surface area contributed by atoms with Crippen LogP contribution in [-0.2, 0) is 0 Å². The van der Waals surface area contributed by atoms with Gasteiger partial charge < -0.3 is 5.11 Å². The SMILES string of the molecule is CC#Cc1ccccc1C(O)C#CC. The summed E-state index contributed by atoms with van der Waals surface area (Å²) in [5.74, 6) is 11.1. The van der Waals surface area contributed by atoms with E-state index < -0.39 is 6.10 Å². The first-order valence-electron chi connectivity index (χ1n) is 4.41. The zero-order chi connectivity index (χ0) is 10.4. The van der Waals surface area contributed by atoms with Gasteiger partial charge >= 0.3 is 0 Å². The molecule has 0 aliphatic rings. The topological polar surface area (TPSA) is 20.2 Å². The standard InChI is InChI=1S/C13H12O/c1-3-7-11-9-5-6-10-12(11)13(14)8-4-2/h5-6,9-10,13-14H,1-2H3. The van der Waals surface area contributed by atoms with Crippen molar-refractivity contribution >= 4 is 0 Å². The summed E-state index contributed by atoms with van der Waals surface area (Å²) in [4.78, 5) is 0. The summed E-state index contributed by atoms with van der Waals surface area (Å²) in [6.07, 6.45) is -0.739. The van der Waals surface area contributed by atoms with Crippen LogP contribution < -0.4 is 0 Å². The molecule has 0 heterocycles. The van der Waals surface area contributed by atoms with Gasteiger partial charge in [-0.3, -0.25) is 0 Å². The molecular weight excluding hydrogens is 172 g/mol. The highest BCUT2D eigenvalue weighted by atomic mass is 16.3. The van der Waals surface area contributed by atoms with E-state index in [0.717, 1.165) is 11.1 Å². The van der Waals surface area contributed by atoms with Crippen molar-refractivity contribution in [3.8, 4) is 23.7 Å². The monoisotopic (exact) mass is 184 g/mol. The first-order valence-corrected chi connectivity index (χ1v) is 4.41. The average Bonchev–Trinajstić information content (AvgIpc) is 2.19. The van der Waals surface area contributed by atoms with Crippen LogP contribution in [0.1, 0.15) is 31.1 Å². The molecule has 0 aromatic heterocycles. The van der Waals surface area contributed by atoms with Crippen LogP contribution in [0.2, 0.25) is 0 Å². The molecule has 1 aromatic rings. The van der Waals surface area contributed by atoms with Gasteiger partial charge in [0.1, 0.15) is 6.10 Å². The quantitative estimate of drug-likeness (QED) is 0.663. The highest BCUT2D eigenvalue weighted by molar-refractivity contribution is 5.44. The van der Waals surface area contributed by atoms with E-state index in [4.69, 9.17) is 0 Å². The molecule has 0 fully saturated rings. The minimum Gasteiger partial charge on any atom is -0.376 e. The fourth-order valence-corrected chi connectivity index (χ4v) is 1.20. The summed E-state index contributed by atoms with van der Waals surface area (Å²) in [6, 6.07) is 7.49. The predicted octanol–water partition coefficient (Wildman–Crippen LogP) is 2.11. The molecule has 0 aliphatic carbocycles. The van der Waals surface area contributed by atoms with Crippen molar-refractivity contribution in [3.63, 3.8) is 0 Å². The molecule has 1 rings (SSSR count). The number of aliphatic hydroxyl groups is 1. The fourth-order valence-electron chi connectivity index (χ4n) is 1.20. The number of aliphatic hydroxyl groups excluding tert-OH is 1. The number of benzene rings is 1. The predicted molar refractivity (Wildman–Crippen MR) is 57.4 cm³/mol. The Balaban J connectivity index is 3.14. The van der Waals surface area contributed by atoms with Gasteiger partial charge in [-0.1, -0.05) is 30.0 Å². The fraction of sp³-hybridized carbons (Fsp3) is 0.231. The van der Waals surface area contributed by atoms with E-state index >= 15 is 0 Å². The Hall–Kier alpha value is -1.70. The van der Waals surface area contributed by atoms with Crippen molar-refractivity contribution in [3.05, 3.63) is 35.4 Å². The van der Waals surface area contributed by atoms with Gasteiger partial charge in [0.15, 0.2) is 0 Å². The molecule has 0 amide bonds. The first-order chi connectivity index (χ1) is 6.79. The van der Waals surface area contributed by atoms with Crippen molar-refractivity contribution in [1.82, 2.24) is 0 Å². The lowest BCUT2D eigenvalue weighted by molar-refractivity contribution is 0.238. The molecule has 70 valence electrons. The summed E-state index contributed by atoms with van der Waals surface area (Å²) in [5.41, 5.74) is 1.61. The van der Waals surface area contributed by atoms with Crippen LogP contribution in [0.3, 0.4) is 0 Å². The van der Waals surface area contributed by atoms with Crippen LogP contribution in [-0.4, -0.2) is 5.11 Å². The van der Waals surface area contributed by atoms with Crippen molar-refractivity contribution in [1.29, 1.82) is 0 Å². The molecule has 14 heavy (non-hydrogen) atoms. The maximum absolute atomic E-state index is 9.69. The number of hydrogen-bond acceptors (Lipinski definition) is 1. The number of hydrogen-bond donors (Lipinski definition) is 1. The molecule has 1 atom stereocenters. The van der Waals surface area contributed by atoms with E-state index in [0.29, 0.717) is 0 Å². The van der Waals surface area contributed by atoms with Crippen LogP contribution in [0.15, 0.2) is 24.3 Å². The molecule has 0 saturated carbocycles. The first kappa shape index (κ1) is 10.4. The Bertz CT molecular complexity index is 424. The molecule has 0 saturated heterocycles. The lowest BCUT2D eigenvalue weighted by atomic mass is 10.0. The third-order valence-corrected chi connectivity index (χ3v) is 1.80. The Kier molecular flexibility index (Phi) is 3.80. The second-order valence-electron chi connectivity index (χ2n) is 2.76. The van der Waals surface area contributed by atoms with E-state index in [1.165, 1.54) is 0 Å². The summed E-state index contributed by atoms with van der Waals surface area (Å²) >= 11 is 0. The molecule has 0 bridgehead atoms. The maximum Gasteiger partial charge on any atom is 0.141 e. The van der Waals surface area contributed by atoms with Gasteiger partial charge in [-0.05, 0) is 19.9 Å². The molecule has 0 aliphatic heterocycles. The average molecular weight is 184 g/mol. The van der Waals surface area contributed by atoms with Gasteiger partial charge in [-0.15, -0.1) is 11.8 Å². The second kappa shape index (κ2) is 5.12. The molecule has 1 N–H and O–H groups in total. The normalized spacial score (nSPS) is 10.5. The van der Waals surface area contributed by atoms with Crippen molar-refractivity contribution in [2.75, 3.05) is 0 Å². The molecular formula is C13H12O. The van der Waals surface area contributed by atoms with E-state index in [1.54, 1.807) is 13.8 Å². The molecule has 1 aromatic carbocycles. The van der Waals surface area contributed by atoms with Crippen LogP contribution in [0.25, 0.3) is 0 Å². The highest BCUT2D eigenvalue weighted by Gasteiger charge is 2.06.